The second kappa shape index (κ2) is 8.97. The Morgan fingerprint density at radius 1 is 0.793 bits per heavy atom. The number of carbonyl (C=O) groups excluding carboxylic acids is 2. The number of benzene rings is 2. The van der Waals surface area contributed by atoms with Gasteiger partial charge >= 0.3 is 0 Å². The third kappa shape index (κ3) is 5.62. The summed E-state index contributed by atoms with van der Waals surface area (Å²) in [5.74, 6) is 0.515. The van der Waals surface area contributed by atoms with E-state index in [1.807, 2.05) is 12.1 Å². The lowest BCUT2D eigenvalue weighted by Gasteiger charge is -2.09. The average Bonchev–Trinajstić information content (AvgIpc) is 2.70. The minimum absolute atomic E-state index is 0.151. The van der Waals surface area contributed by atoms with Gasteiger partial charge in [0, 0.05) is 24.0 Å². The molecule has 0 aliphatic heterocycles. The molecule has 0 radical (unpaired) electrons. The third-order valence-electron chi connectivity index (χ3n) is 4.20. The Balaban J connectivity index is 1.60. The summed E-state index contributed by atoms with van der Waals surface area (Å²) in [6.07, 6.45) is 2.94. The molecule has 0 unspecified atom stereocenters. The molecule has 29 heavy (non-hydrogen) atoms. The van der Waals surface area contributed by atoms with Crippen molar-refractivity contribution in [3.05, 3.63) is 72.2 Å². The van der Waals surface area contributed by atoms with E-state index in [0.717, 1.165) is 5.69 Å². The van der Waals surface area contributed by atoms with Crippen LogP contribution in [0.3, 0.4) is 0 Å². The molecule has 0 saturated carbocycles. The normalized spacial score (nSPS) is 10.5. The molecule has 0 aliphatic rings. The largest absolute Gasteiger partial charge is 0.339 e. The zero-order chi connectivity index (χ0) is 20.8. The lowest BCUT2D eigenvalue weighted by Crippen LogP contribution is -2.14. The fourth-order valence-corrected chi connectivity index (χ4v) is 2.64. The molecule has 0 saturated heterocycles. The third-order valence-corrected chi connectivity index (χ3v) is 4.20. The van der Waals surface area contributed by atoms with Gasteiger partial charge in [0.05, 0.1) is 12.4 Å². The van der Waals surface area contributed by atoms with E-state index in [-0.39, 0.29) is 17.5 Å². The number of amides is 2. The van der Waals surface area contributed by atoms with Crippen LogP contribution >= 0.6 is 0 Å². The maximum absolute atomic E-state index is 12.3. The zero-order valence-corrected chi connectivity index (χ0v) is 16.6. The van der Waals surface area contributed by atoms with Gasteiger partial charge in [-0.3, -0.25) is 9.59 Å². The molecule has 1 aromatic heterocycles. The number of hydrogen-bond donors (Lipinski definition) is 3. The van der Waals surface area contributed by atoms with Crippen LogP contribution in [0, 0.1) is 0 Å². The van der Waals surface area contributed by atoms with E-state index in [0.29, 0.717) is 23.1 Å². The van der Waals surface area contributed by atoms with Gasteiger partial charge in [0.2, 0.25) is 5.91 Å². The highest BCUT2D eigenvalue weighted by Crippen LogP contribution is 2.19. The highest BCUT2D eigenvalue weighted by Gasteiger charge is 2.09. The molecule has 3 N–H and O–H groups in total. The van der Waals surface area contributed by atoms with Crippen molar-refractivity contribution in [1.29, 1.82) is 0 Å². The van der Waals surface area contributed by atoms with Crippen molar-refractivity contribution in [2.24, 2.45) is 0 Å². The smallest absolute Gasteiger partial charge is 0.275 e. The molecule has 2 aromatic carbocycles. The van der Waals surface area contributed by atoms with Crippen LogP contribution < -0.4 is 16.0 Å². The summed E-state index contributed by atoms with van der Waals surface area (Å²) in [4.78, 5) is 31.8. The molecule has 7 heteroatoms. The maximum Gasteiger partial charge on any atom is 0.275 e. The Kier molecular flexibility index (Phi) is 6.19. The topological polar surface area (TPSA) is 96.0 Å². The molecule has 148 valence electrons. The van der Waals surface area contributed by atoms with E-state index in [2.05, 4.69) is 51.9 Å². The number of nitrogens with one attached hydrogen (secondary N) is 3. The minimum atomic E-state index is -0.363. The standard InChI is InChI=1S/C22H23N5O2/c1-14(2)16-4-6-18(7-5-16)26-21-13-23-20(12-24-21)22(29)27-19-10-8-17(9-11-19)25-15(3)28/h4-14H,1-3H3,(H,24,26)(H,25,28)(H,27,29). The van der Waals surface area contributed by atoms with Gasteiger partial charge in [-0.25, -0.2) is 9.97 Å². The van der Waals surface area contributed by atoms with Crippen molar-refractivity contribution in [3.8, 4) is 0 Å². The van der Waals surface area contributed by atoms with Crippen molar-refractivity contribution in [3.63, 3.8) is 0 Å². The van der Waals surface area contributed by atoms with Gasteiger partial charge in [0.15, 0.2) is 0 Å². The van der Waals surface area contributed by atoms with Crippen molar-refractivity contribution in [2.75, 3.05) is 16.0 Å². The van der Waals surface area contributed by atoms with E-state index >= 15 is 0 Å². The van der Waals surface area contributed by atoms with E-state index in [1.165, 1.54) is 24.9 Å². The lowest BCUT2D eigenvalue weighted by molar-refractivity contribution is -0.114. The second-order valence-electron chi connectivity index (χ2n) is 6.90. The Hall–Kier alpha value is -3.74. The summed E-state index contributed by atoms with van der Waals surface area (Å²) in [6.45, 7) is 5.73. The monoisotopic (exact) mass is 389 g/mol. The van der Waals surface area contributed by atoms with Gasteiger partial charge in [0.25, 0.3) is 5.91 Å². The summed E-state index contributed by atoms with van der Waals surface area (Å²) < 4.78 is 0. The number of nitrogens with zero attached hydrogens (tertiary/aromatic N) is 2. The van der Waals surface area contributed by atoms with Gasteiger partial charge in [-0.15, -0.1) is 0 Å². The summed E-state index contributed by atoms with van der Waals surface area (Å²) in [7, 11) is 0. The summed E-state index contributed by atoms with van der Waals surface area (Å²) in [5, 5.41) is 8.59. The number of rotatable bonds is 6. The van der Waals surface area contributed by atoms with E-state index in [9.17, 15) is 9.59 Å². The van der Waals surface area contributed by atoms with Gasteiger partial charge in [-0.2, -0.15) is 0 Å². The molecule has 0 spiro atoms. The molecule has 0 atom stereocenters. The fourth-order valence-electron chi connectivity index (χ4n) is 2.64. The SMILES string of the molecule is CC(=O)Nc1ccc(NC(=O)c2cnc(Nc3ccc(C(C)C)cc3)cn2)cc1. The van der Waals surface area contributed by atoms with Crippen LogP contribution in [-0.4, -0.2) is 21.8 Å². The predicted molar refractivity (Wildman–Crippen MR) is 115 cm³/mol. The molecule has 0 fully saturated rings. The van der Waals surface area contributed by atoms with Gasteiger partial charge in [-0.05, 0) is 47.9 Å². The molecule has 1 heterocycles. The number of anilines is 4. The quantitative estimate of drug-likeness (QED) is 0.575. The van der Waals surface area contributed by atoms with Crippen LogP contribution in [0.25, 0.3) is 0 Å². The molecule has 0 bridgehead atoms. The molecular formula is C22H23N5O2. The molecular weight excluding hydrogens is 366 g/mol. The second-order valence-corrected chi connectivity index (χ2v) is 6.90. The van der Waals surface area contributed by atoms with Crippen molar-refractivity contribution in [2.45, 2.75) is 26.7 Å². The van der Waals surface area contributed by atoms with Crippen LogP contribution in [0.4, 0.5) is 22.9 Å². The van der Waals surface area contributed by atoms with E-state index in [1.54, 1.807) is 24.3 Å². The van der Waals surface area contributed by atoms with Crippen molar-refractivity contribution in [1.82, 2.24) is 9.97 Å². The first-order chi connectivity index (χ1) is 13.9. The van der Waals surface area contributed by atoms with Gasteiger partial charge in [-0.1, -0.05) is 26.0 Å². The Morgan fingerprint density at radius 3 is 1.90 bits per heavy atom. The van der Waals surface area contributed by atoms with Crippen molar-refractivity contribution >= 4 is 34.7 Å². The van der Waals surface area contributed by atoms with Crippen LogP contribution in [0.2, 0.25) is 0 Å². The van der Waals surface area contributed by atoms with Crippen LogP contribution in [0.1, 0.15) is 42.7 Å². The summed E-state index contributed by atoms with van der Waals surface area (Å²) in [5.41, 5.74) is 3.63. The Labute approximate surface area is 169 Å². The zero-order valence-electron chi connectivity index (χ0n) is 16.6. The Morgan fingerprint density at radius 2 is 1.38 bits per heavy atom. The first-order valence-corrected chi connectivity index (χ1v) is 9.29. The first kappa shape index (κ1) is 20.0. The van der Waals surface area contributed by atoms with E-state index in [4.69, 9.17) is 0 Å². The molecule has 3 rings (SSSR count). The van der Waals surface area contributed by atoms with Crippen LogP contribution in [0.15, 0.2) is 60.9 Å². The first-order valence-electron chi connectivity index (χ1n) is 9.29. The van der Waals surface area contributed by atoms with E-state index < -0.39 is 0 Å². The molecule has 0 aliphatic carbocycles. The summed E-state index contributed by atoms with van der Waals surface area (Å²) in [6, 6.07) is 14.9. The number of hydrogen-bond acceptors (Lipinski definition) is 5. The molecule has 3 aromatic rings. The fraction of sp³-hybridized carbons (Fsp3) is 0.182. The maximum atomic E-state index is 12.3. The highest BCUT2D eigenvalue weighted by atomic mass is 16.2. The lowest BCUT2D eigenvalue weighted by atomic mass is 10.0. The number of aromatic nitrogens is 2. The predicted octanol–water partition coefficient (Wildman–Crippen LogP) is 4.55. The average molecular weight is 389 g/mol. The molecule has 2 amide bonds. The molecule has 7 nitrogen and oxygen atoms in total. The van der Waals surface area contributed by atoms with Gasteiger partial charge in [0.1, 0.15) is 11.5 Å². The minimum Gasteiger partial charge on any atom is -0.339 e. The van der Waals surface area contributed by atoms with Gasteiger partial charge < -0.3 is 16.0 Å². The van der Waals surface area contributed by atoms with Crippen LogP contribution in [-0.2, 0) is 4.79 Å². The highest BCUT2D eigenvalue weighted by molar-refractivity contribution is 6.02. The van der Waals surface area contributed by atoms with Crippen molar-refractivity contribution < 1.29 is 9.59 Å². The van der Waals surface area contributed by atoms with Crippen LogP contribution in [0.5, 0.6) is 0 Å². The Bertz CT molecular complexity index is 981. The number of carbonyl (C=O) groups is 2. The summed E-state index contributed by atoms with van der Waals surface area (Å²) >= 11 is 0.